The Morgan fingerprint density at radius 3 is 2.68 bits per heavy atom. The average molecular weight is 408 g/mol. The highest BCUT2D eigenvalue weighted by Gasteiger charge is 2.17. The molecular formula is C25H20N4O2. The third kappa shape index (κ3) is 3.94. The van der Waals surface area contributed by atoms with Gasteiger partial charge in [-0.2, -0.15) is 5.26 Å². The van der Waals surface area contributed by atoms with Crippen LogP contribution >= 0.6 is 0 Å². The first-order valence-electron chi connectivity index (χ1n) is 9.82. The Labute approximate surface area is 179 Å². The number of anilines is 1. The summed E-state index contributed by atoms with van der Waals surface area (Å²) in [5.74, 6) is -0.983. The third-order valence-electron chi connectivity index (χ3n) is 5.19. The molecule has 2 heterocycles. The Morgan fingerprint density at radius 2 is 1.97 bits per heavy atom. The predicted molar refractivity (Wildman–Crippen MR) is 120 cm³/mol. The number of aryl methyl sites for hydroxylation is 1. The lowest BCUT2D eigenvalue weighted by Gasteiger charge is -2.20. The van der Waals surface area contributed by atoms with E-state index in [2.05, 4.69) is 27.4 Å². The number of nitriles is 1. The molecule has 0 saturated carbocycles. The fourth-order valence-corrected chi connectivity index (χ4v) is 3.74. The lowest BCUT2D eigenvalue weighted by atomic mass is 9.95. The van der Waals surface area contributed by atoms with E-state index in [9.17, 15) is 15.2 Å². The Bertz CT molecular complexity index is 1330. The van der Waals surface area contributed by atoms with E-state index in [1.54, 1.807) is 36.7 Å². The van der Waals surface area contributed by atoms with Crippen LogP contribution < -0.4 is 5.32 Å². The van der Waals surface area contributed by atoms with Crippen molar-refractivity contribution in [1.29, 1.82) is 5.26 Å². The van der Waals surface area contributed by atoms with E-state index in [1.807, 2.05) is 38.1 Å². The Hall–Kier alpha value is -4.24. The van der Waals surface area contributed by atoms with Crippen molar-refractivity contribution in [1.82, 2.24) is 9.97 Å². The van der Waals surface area contributed by atoms with Gasteiger partial charge in [-0.1, -0.05) is 24.3 Å². The minimum atomic E-state index is -0.983. The van der Waals surface area contributed by atoms with Gasteiger partial charge in [0.1, 0.15) is 11.8 Å². The highest BCUT2D eigenvalue weighted by atomic mass is 16.4. The molecule has 0 fully saturated rings. The highest BCUT2D eigenvalue weighted by Crippen LogP contribution is 2.33. The van der Waals surface area contributed by atoms with Crippen molar-refractivity contribution in [2.24, 2.45) is 0 Å². The fraction of sp³-hybridized carbons (Fsp3) is 0.120. The number of rotatable bonds is 5. The molecular weight excluding hydrogens is 388 g/mol. The van der Waals surface area contributed by atoms with Crippen LogP contribution in [0.1, 0.15) is 40.1 Å². The van der Waals surface area contributed by atoms with E-state index in [0.29, 0.717) is 16.9 Å². The average Bonchev–Trinajstić information content (AvgIpc) is 2.78. The number of carboxylic acid groups (broad SMARTS) is 1. The van der Waals surface area contributed by atoms with Gasteiger partial charge in [-0.3, -0.25) is 4.98 Å². The first-order chi connectivity index (χ1) is 15.0. The monoisotopic (exact) mass is 408 g/mol. The zero-order valence-electron chi connectivity index (χ0n) is 17.1. The predicted octanol–water partition coefficient (Wildman–Crippen LogP) is 5.35. The largest absolute Gasteiger partial charge is 0.478 e. The van der Waals surface area contributed by atoms with E-state index >= 15 is 0 Å². The molecule has 6 heteroatoms. The smallest absolute Gasteiger partial charge is 0.337 e. The first kappa shape index (κ1) is 20.0. The molecule has 4 rings (SSSR count). The quantitative estimate of drug-likeness (QED) is 0.462. The first-order valence-corrected chi connectivity index (χ1v) is 9.82. The van der Waals surface area contributed by atoms with E-state index in [1.165, 1.54) is 0 Å². The van der Waals surface area contributed by atoms with E-state index in [0.717, 1.165) is 27.6 Å². The van der Waals surface area contributed by atoms with Gasteiger partial charge in [-0.05, 0) is 55.3 Å². The molecule has 4 aromatic rings. The summed E-state index contributed by atoms with van der Waals surface area (Å²) in [6.45, 7) is 3.96. The number of aromatic nitrogens is 2. The van der Waals surface area contributed by atoms with Crippen molar-refractivity contribution in [3.05, 3.63) is 89.4 Å². The lowest BCUT2D eigenvalue weighted by molar-refractivity contribution is 0.0698. The second kappa shape index (κ2) is 8.25. The Morgan fingerprint density at radius 1 is 1.16 bits per heavy atom. The van der Waals surface area contributed by atoms with Crippen molar-refractivity contribution in [3.63, 3.8) is 0 Å². The van der Waals surface area contributed by atoms with Crippen LogP contribution in [0.25, 0.3) is 22.0 Å². The zero-order chi connectivity index (χ0) is 22.0. The minimum absolute atomic E-state index is 0.195. The van der Waals surface area contributed by atoms with Crippen molar-refractivity contribution >= 4 is 22.6 Å². The maximum Gasteiger partial charge on any atom is 0.337 e. The van der Waals surface area contributed by atoms with Crippen molar-refractivity contribution < 1.29 is 9.90 Å². The van der Waals surface area contributed by atoms with Crippen LogP contribution in [-0.4, -0.2) is 21.0 Å². The van der Waals surface area contributed by atoms with Crippen molar-refractivity contribution in [2.75, 3.05) is 5.32 Å². The molecule has 152 valence electrons. The molecule has 0 aliphatic carbocycles. The molecule has 2 N–H and O–H groups in total. The zero-order valence-corrected chi connectivity index (χ0v) is 17.1. The molecule has 0 unspecified atom stereocenters. The van der Waals surface area contributed by atoms with Gasteiger partial charge in [-0.25, -0.2) is 9.78 Å². The molecule has 2 aromatic carbocycles. The van der Waals surface area contributed by atoms with Crippen LogP contribution in [0.3, 0.4) is 0 Å². The molecule has 0 radical (unpaired) electrons. The maximum absolute atomic E-state index is 11.6. The maximum atomic E-state index is 11.6. The number of pyridine rings is 2. The number of carboxylic acids is 1. The van der Waals surface area contributed by atoms with E-state index < -0.39 is 5.97 Å². The molecule has 0 amide bonds. The number of benzene rings is 2. The fourth-order valence-electron chi connectivity index (χ4n) is 3.74. The van der Waals surface area contributed by atoms with Gasteiger partial charge >= 0.3 is 5.97 Å². The number of nitrogens with zero attached hydrogens (tertiary/aromatic N) is 3. The second-order valence-electron chi connectivity index (χ2n) is 7.38. The van der Waals surface area contributed by atoms with Gasteiger partial charge in [0, 0.05) is 40.6 Å². The molecule has 0 aliphatic rings. The van der Waals surface area contributed by atoms with Crippen LogP contribution in [0.5, 0.6) is 0 Å². The standard InChI is InChI=1S/C25H20N4O2/c1-15-10-19(16(2)28-22-8-4-3-7-18(22)25(30)31)21-12-20(17-6-5-9-27-14-17)24(13-26)29-23(21)11-15/h3-12,14,16,28H,1-2H3,(H,30,31)/t16-/m0/s1. The normalized spacial score (nSPS) is 11.6. The summed E-state index contributed by atoms with van der Waals surface area (Å²) in [6, 6.07) is 18.5. The van der Waals surface area contributed by atoms with Gasteiger partial charge in [0.2, 0.25) is 0 Å². The molecule has 6 nitrogen and oxygen atoms in total. The molecule has 0 spiro atoms. The summed E-state index contributed by atoms with van der Waals surface area (Å²) in [7, 11) is 0. The van der Waals surface area contributed by atoms with Gasteiger partial charge < -0.3 is 10.4 Å². The summed E-state index contributed by atoms with van der Waals surface area (Å²) < 4.78 is 0. The highest BCUT2D eigenvalue weighted by molar-refractivity contribution is 5.94. The number of nitrogens with one attached hydrogen (secondary N) is 1. The number of carbonyl (C=O) groups is 1. The van der Waals surface area contributed by atoms with Crippen LogP contribution in [0.15, 0.2) is 67.0 Å². The summed E-state index contributed by atoms with van der Waals surface area (Å²) in [5.41, 5.74) is 5.33. The number of aromatic carboxylic acids is 1. The summed E-state index contributed by atoms with van der Waals surface area (Å²) in [4.78, 5) is 20.4. The second-order valence-corrected chi connectivity index (χ2v) is 7.38. The number of fused-ring (bicyclic) bond motifs is 1. The molecule has 0 saturated heterocycles. The van der Waals surface area contributed by atoms with Gasteiger partial charge in [0.05, 0.1) is 11.1 Å². The summed E-state index contributed by atoms with van der Waals surface area (Å²) in [6.07, 6.45) is 3.40. The van der Waals surface area contributed by atoms with Gasteiger partial charge in [0.25, 0.3) is 0 Å². The number of para-hydroxylation sites is 1. The summed E-state index contributed by atoms with van der Waals surface area (Å²) in [5, 5.41) is 23.4. The summed E-state index contributed by atoms with van der Waals surface area (Å²) >= 11 is 0. The molecule has 2 aromatic heterocycles. The van der Waals surface area contributed by atoms with E-state index in [-0.39, 0.29) is 11.6 Å². The van der Waals surface area contributed by atoms with E-state index in [4.69, 9.17) is 0 Å². The van der Waals surface area contributed by atoms with Gasteiger partial charge in [0.15, 0.2) is 0 Å². The molecule has 0 bridgehead atoms. The topological polar surface area (TPSA) is 98.9 Å². The Kier molecular flexibility index (Phi) is 5.33. The SMILES string of the molecule is Cc1cc([C@H](C)Nc2ccccc2C(=O)O)c2cc(-c3cccnc3)c(C#N)nc2c1. The molecule has 31 heavy (non-hydrogen) atoms. The van der Waals surface area contributed by atoms with Crippen LogP contribution in [-0.2, 0) is 0 Å². The molecule has 0 aliphatic heterocycles. The number of hydrogen-bond donors (Lipinski definition) is 2. The van der Waals surface area contributed by atoms with Crippen molar-refractivity contribution in [3.8, 4) is 17.2 Å². The molecule has 1 atom stereocenters. The van der Waals surface area contributed by atoms with Crippen LogP contribution in [0, 0.1) is 18.3 Å². The third-order valence-corrected chi connectivity index (χ3v) is 5.19. The number of hydrogen-bond acceptors (Lipinski definition) is 5. The minimum Gasteiger partial charge on any atom is -0.478 e. The lowest BCUT2D eigenvalue weighted by Crippen LogP contribution is -2.11. The Balaban J connectivity index is 1.86. The van der Waals surface area contributed by atoms with Crippen LogP contribution in [0.2, 0.25) is 0 Å². The van der Waals surface area contributed by atoms with Crippen LogP contribution in [0.4, 0.5) is 5.69 Å². The van der Waals surface area contributed by atoms with Crippen molar-refractivity contribution in [2.45, 2.75) is 19.9 Å². The van der Waals surface area contributed by atoms with Gasteiger partial charge in [-0.15, -0.1) is 0 Å².